The molecule has 2 rings (SSSR count). The average Bonchev–Trinajstić information content (AvgIpc) is 3.09. The van der Waals surface area contributed by atoms with Gasteiger partial charge in [0.1, 0.15) is 16.9 Å². The van der Waals surface area contributed by atoms with Gasteiger partial charge in [-0.15, -0.1) is 10.2 Å². The Labute approximate surface area is 139 Å². The summed E-state index contributed by atoms with van der Waals surface area (Å²) in [5.41, 5.74) is 0. The fourth-order valence-corrected chi connectivity index (χ4v) is 3.03. The van der Waals surface area contributed by atoms with E-state index in [1.807, 2.05) is 6.92 Å². The summed E-state index contributed by atoms with van der Waals surface area (Å²) in [5, 5.41) is 24.8. The van der Waals surface area contributed by atoms with E-state index in [0.29, 0.717) is 23.2 Å². The van der Waals surface area contributed by atoms with Crippen LogP contribution in [0.4, 0.5) is 9.93 Å². The molecule has 2 atom stereocenters. The number of aromatic nitrogens is 2. The fraction of sp³-hybridized carbons (Fsp3) is 0.533. The van der Waals surface area contributed by atoms with Crippen molar-refractivity contribution in [2.45, 2.75) is 45.8 Å². The minimum atomic E-state index is -0.750. The zero-order valence-corrected chi connectivity index (χ0v) is 14.3. The minimum absolute atomic E-state index is 0.224. The van der Waals surface area contributed by atoms with Crippen molar-refractivity contribution in [2.24, 2.45) is 5.92 Å². The molecule has 23 heavy (non-hydrogen) atoms. The van der Waals surface area contributed by atoms with Gasteiger partial charge < -0.3 is 14.8 Å². The molecule has 0 aliphatic carbocycles. The van der Waals surface area contributed by atoms with Crippen LogP contribution in [0.5, 0.6) is 0 Å². The smallest absolute Gasteiger partial charge is 0.321 e. The average molecular weight is 338 g/mol. The van der Waals surface area contributed by atoms with Crippen molar-refractivity contribution >= 4 is 22.5 Å². The number of hydrogen-bond acceptors (Lipinski definition) is 6. The summed E-state index contributed by atoms with van der Waals surface area (Å²) in [6.07, 6.45) is 1.95. The van der Waals surface area contributed by atoms with Gasteiger partial charge in [0, 0.05) is 18.9 Å². The third-order valence-corrected chi connectivity index (χ3v) is 3.96. The summed E-state index contributed by atoms with van der Waals surface area (Å²) in [6.45, 7) is 6.02. The number of amides is 2. The number of rotatable bonds is 7. The van der Waals surface area contributed by atoms with Crippen LogP contribution in [0, 0.1) is 5.92 Å². The van der Waals surface area contributed by atoms with E-state index in [9.17, 15) is 9.90 Å². The summed E-state index contributed by atoms with van der Waals surface area (Å²) in [5.74, 6) is 0.981. The van der Waals surface area contributed by atoms with Crippen LogP contribution in [0.3, 0.4) is 0 Å². The van der Waals surface area contributed by atoms with Gasteiger partial charge in [-0.1, -0.05) is 25.2 Å². The Balaban J connectivity index is 1.78. The second-order valence-corrected chi connectivity index (χ2v) is 6.93. The molecule has 0 bridgehead atoms. The molecule has 0 saturated carbocycles. The molecular formula is C15H22N4O3S. The summed E-state index contributed by atoms with van der Waals surface area (Å²) >= 11 is 1.37. The van der Waals surface area contributed by atoms with E-state index in [4.69, 9.17) is 4.42 Å². The number of nitrogens with zero attached hydrogens (tertiary/aromatic N) is 2. The van der Waals surface area contributed by atoms with Crippen molar-refractivity contribution in [3.8, 4) is 0 Å². The normalized spacial score (nSPS) is 13.8. The second-order valence-electron chi connectivity index (χ2n) is 5.87. The van der Waals surface area contributed by atoms with Crippen molar-refractivity contribution in [2.75, 3.05) is 5.32 Å². The molecule has 0 radical (unpaired) electrons. The standard InChI is InChI=1S/C15H22N4O3S/c1-9(2)7-13-18-19-15(23-13)17-14(21)16-10(3)8-11(20)12-5-4-6-22-12/h4-6,9-11,20H,7-8H2,1-3H3,(H2,16,17,19,21). The lowest BCUT2D eigenvalue weighted by Crippen LogP contribution is -2.37. The van der Waals surface area contributed by atoms with Gasteiger partial charge in [-0.2, -0.15) is 0 Å². The topological polar surface area (TPSA) is 100 Å². The van der Waals surface area contributed by atoms with Crippen molar-refractivity contribution in [1.29, 1.82) is 0 Å². The van der Waals surface area contributed by atoms with Crippen LogP contribution < -0.4 is 10.6 Å². The van der Waals surface area contributed by atoms with Gasteiger partial charge in [0.2, 0.25) is 5.13 Å². The number of nitrogens with one attached hydrogen (secondary N) is 2. The first kappa shape index (κ1) is 17.4. The first-order chi connectivity index (χ1) is 10.9. The molecule has 0 saturated heterocycles. The molecule has 2 unspecified atom stereocenters. The molecule has 126 valence electrons. The van der Waals surface area contributed by atoms with Crippen molar-refractivity contribution in [3.63, 3.8) is 0 Å². The molecule has 3 N–H and O–H groups in total. The Morgan fingerprint density at radius 3 is 2.83 bits per heavy atom. The maximum Gasteiger partial charge on any atom is 0.321 e. The monoisotopic (exact) mass is 338 g/mol. The lowest BCUT2D eigenvalue weighted by molar-refractivity contribution is 0.130. The van der Waals surface area contributed by atoms with Gasteiger partial charge in [-0.3, -0.25) is 5.32 Å². The molecule has 0 aliphatic heterocycles. The molecule has 2 amide bonds. The fourth-order valence-electron chi connectivity index (χ4n) is 2.08. The first-order valence-corrected chi connectivity index (χ1v) is 8.37. The Morgan fingerprint density at radius 1 is 1.39 bits per heavy atom. The molecule has 2 aromatic heterocycles. The zero-order chi connectivity index (χ0) is 16.8. The van der Waals surface area contributed by atoms with E-state index in [0.717, 1.165) is 11.4 Å². The van der Waals surface area contributed by atoms with Crippen LogP contribution in [-0.2, 0) is 6.42 Å². The highest BCUT2D eigenvalue weighted by atomic mass is 32.1. The van der Waals surface area contributed by atoms with E-state index >= 15 is 0 Å². The number of aliphatic hydroxyl groups excluding tert-OH is 1. The van der Waals surface area contributed by atoms with Gasteiger partial charge in [0.15, 0.2) is 0 Å². The highest BCUT2D eigenvalue weighted by Gasteiger charge is 2.17. The predicted octanol–water partition coefficient (Wildman–Crippen LogP) is 2.96. The molecule has 0 aliphatic rings. The predicted molar refractivity (Wildman–Crippen MR) is 88.4 cm³/mol. The third-order valence-electron chi connectivity index (χ3n) is 3.10. The summed E-state index contributed by atoms with van der Waals surface area (Å²) < 4.78 is 5.14. The van der Waals surface area contributed by atoms with Crippen LogP contribution in [0.15, 0.2) is 22.8 Å². The van der Waals surface area contributed by atoms with E-state index in [1.165, 1.54) is 17.6 Å². The maximum atomic E-state index is 11.9. The number of furan rings is 1. The Kier molecular flexibility index (Phi) is 6.12. The van der Waals surface area contributed by atoms with Crippen LogP contribution in [0.2, 0.25) is 0 Å². The minimum Gasteiger partial charge on any atom is -0.467 e. The lowest BCUT2D eigenvalue weighted by atomic mass is 10.1. The Morgan fingerprint density at radius 2 is 2.17 bits per heavy atom. The number of carbonyl (C=O) groups is 1. The van der Waals surface area contributed by atoms with E-state index in [2.05, 4.69) is 34.7 Å². The molecular weight excluding hydrogens is 316 g/mol. The van der Waals surface area contributed by atoms with Gasteiger partial charge in [-0.25, -0.2) is 4.79 Å². The maximum absolute atomic E-state index is 11.9. The number of anilines is 1. The summed E-state index contributed by atoms with van der Waals surface area (Å²) in [6, 6.07) is 2.83. The zero-order valence-electron chi connectivity index (χ0n) is 13.4. The molecule has 7 nitrogen and oxygen atoms in total. The SMILES string of the molecule is CC(C)Cc1nnc(NC(=O)NC(C)CC(O)c2ccco2)s1. The molecule has 0 spiro atoms. The molecule has 2 heterocycles. The van der Waals surface area contributed by atoms with Gasteiger partial charge in [0.05, 0.1) is 6.26 Å². The van der Waals surface area contributed by atoms with E-state index < -0.39 is 6.10 Å². The second kappa shape index (κ2) is 8.07. The summed E-state index contributed by atoms with van der Waals surface area (Å²) in [4.78, 5) is 11.9. The lowest BCUT2D eigenvalue weighted by Gasteiger charge is -2.16. The number of carbonyl (C=O) groups excluding carboxylic acids is 1. The number of hydrogen-bond donors (Lipinski definition) is 3. The molecule has 0 fully saturated rings. The van der Waals surface area contributed by atoms with Crippen molar-refractivity contribution < 1.29 is 14.3 Å². The van der Waals surface area contributed by atoms with E-state index in [-0.39, 0.29) is 12.1 Å². The highest BCUT2D eigenvalue weighted by molar-refractivity contribution is 7.15. The molecule has 0 aromatic carbocycles. The van der Waals surface area contributed by atoms with Crippen LogP contribution in [-0.4, -0.2) is 27.4 Å². The Bertz CT molecular complexity index is 612. The first-order valence-electron chi connectivity index (χ1n) is 7.55. The number of urea groups is 1. The van der Waals surface area contributed by atoms with Crippen LogP contribution >= 0.6 is 11.3 Å². The van der Waals surface area contributed by atoms with E-state index in [1.54, 1.807) is 12.1 Å². The molecule has 2 aromatic rings. The number of aliphatic hydroxyl groups is 1. The quantitative estimate of drug-likeness (QED) is 0.720. The van der Waals surface area contributed by atoms with Crippen LogP contribution in [0.1, 0.15) is 44.1 Å². The molecule has 8 heteroatoms. The van der Waals surface area contributed by atoms with Gasteiger partial charge >= 0.3 is 6.03 Å². The van der Waals surface area contributed by atoms with Crippen molar-refractivity contribution in [3.05, 3.63) is 29.2 Å². The summed E-state index contributed by atoms with van der Waals surface area (Å²) in [7, 11) is 0. The van der Waals surface area contributed by atoms with Crippen LogP contribution in [0.25, 0.3) is 0 Å². The third kappa shape index (κ3) is 5.65. The Hall–Kier alpha value is -1.93. The van der Waals surface area contributed by atoms with Gasteiger partial charge in [0.25, 0.3) is 0 Å². The van der Waals surface area contributed by atoms with Crippen molar-refractivity contribution in [1.82, 2.24) is 15.5 Å². The van der Waals surface area contributed by atoms with Gasteiger partial charge in [-0.05, 0) is 25.0 Å². The largest absolute Gasteiger partial charge is 0.467 e. The highest BCUT2D eigenvalue weighted by Crippen LogP contribution is 2.20.